The minimum atomic E-state index is -0.138. The number of carbonyl (C=O) groups is 1. The van der Waals surface area contributed by atoms with Gasteiger partial charge in [0.2, 0.25) is 0 Å². The number of amides is 1. The zero-order valence-electron chi connectivity index (χ0n) is 14.7. The molecule has 2 heterocycles. The fraction of sp³-hybridized carbons (Fsp3) is 0.474. The maximum atomic E-state index is 12.2. The quantitative estimate of drug-likeness (QED) is 0.798. The molecule has 134 valence electrons. The van der Waals surface area contributed by atoms with Gasteiger partial charge in [-0.3, -0.25) is 9.48 Å². The first-order valence-electron chi connectivity index (χ1n) is 8.88. The Kier molecular flexibility index (Phi) is 5.83. The van der Waals surface area contributed by atoms with E-state index in [9.17, 15) is 4.79 Å². The first kappa shape index (κ1) is 17.6. The van der Waals surface area contributed by atoms with Gasteiger partial charge in [-0.25, -0.2) is 0 Å². The minimum absolute atomic E-state index is 0.0317. The molecule has 1 aromatic heterocycles. The Labute approximate surface area is 148 Å². The van der Waals surface area contributed by atoms with Gasteiger partial charge in [0.15, 0.2) is 0 Å². The number of nitrogens with zero attached hydrogens (tertiary/aromatic N) is 3. The Bertz CT molecular complexity index is 713. The van der Waals surface area contributed by atoms with Crippen LogP contribution in [0.25, 0.3) is 0 Å². The van der Waals surface area contributed by atoms with E-state index in [1.54, 1.807) is 12.3 Å². The Morgan fingerprint density at radius 1 is 1.32 bits per heavy atom. The zero-order valence-corrected chi connectivity index (χ0v) is 14.7. The van der Waals surface area contributed by atoms with Crippen molar-refractivity contribution in [1.29, 1.82) is 0 Å². The van der Waals surface area contributed by atoms with Crippen molar-refractivity contribution in [3.63, 3.8) is 0 Å². The Hall–Kier alpha value is -2.18. The van der Waals surface area contributed by atoms with Crippen LogP contribution in [0.15, 0.2) is 36.5 Å². The highest BCUT2D eigenvalue weighted by Crippen LogP contribution is 2.28. The molecule has 0 bridgehead atoms. The lowest BCUT2D eigenvalue weighted by molar-refractivity contribution is 0.0937. The summed E-state index contributed by atoms with van der Waals surface area (Å²) in [6.07, 6.45) is 2.75. The van der Waals surface area contributed by atoms with Crippen molar-refractivity contribution in [3.8, 4) is 0 Å². The average molecular weight is 342 g/mol. The lowest BCUT2D eigenvalue weighted by Gasteiger charge is -2.17. The number of aryl methyl sites for hydroxylation is 1. The van der Waals surface area contributed by atoms with Gasteiger partial charge in [0, 0.05) is 25.8 Å². The fourth-order valence-corrected chi connectivity index (χ4v) is 3.55. The molecule has 6 nitrogen and oxygen atoms in total. The first-order chi connectivity index (χ1) is 12.2. The summed E-state index contributed by atoms with van der Waals surface area (Å²) in [6.45, 7) is 6.05. The zero-order chi connectivity index (χ0) is 17.6. The lowest BCUT2D eigenvalue weighted by Crippen LogP contribution is -2.34. The number of hydrogen-bond acceptors (Lipinski definition) is 4. The van der Waals surface area contributed by atoms with Gasteiger partial charge in [-0.15, -0.1) is 0 Å². The molecule has 0 saturated carbocycles. The molecule has 2 aromatic rings. The number of rotatable bonds is 7. The van der Waals surface area contributed by atoms with Gasteiger partial charge in [-0.05, 0) is 43.0 Å². The number of carbonyl (C=O) groups excluding carboxylic acids is 1. The SMILES string of the molecule is Cc1ccccc1[C@H]1CCN(CCNC(=O)c2ccnn2CCO)C1. The van der Waals surface area contributed by atoms with Crippen LogP contribution in [0.5, 0.6) is 0 Å². The monoisotopic (exact) mass is 342 g/mol. The number of aliphatic hydroxyl groups excluding tert-OH is 1. The van der Waals surface area contributed by atoms with Crippen LogP contribution in [0.2, 0.25) is 0 Å². The Morgan fingerprint density at radius 2 is 2.16 bits per heavy atom. The van der Waals surface area contributed by atoms with E-state index < -0.39 is 0 Å². The Balaban J connectivity index is 1.46. The normalized spacial score (nSPS) is 17.8. The van der Waals surface area contributed by atoms with E-state index >= 15 is 0 Å². The van der Waals surface area contributed by atoms with Crippen molar-refractivity contribution >= 4 is 5.91 Å². The predicted octanol–water partition coefficient (Wildman–Crippen LogP) is 1.40. The first-order valence-corrected chi connectivity index (χ1v) is 8.88. The van der Waals surface area contributed by atoms with Gasteiger partial charge in [-0.1, -0.05) is 24.3 Å². The predicted molar refractivity (Wildman–Crippen MR) is 96.6 cm³/mol. The van der Waals surface area contributed by atoms with Crippen LogP contribution in [0.3, 0.4) is 0 Å². The summed E-state index contributed by atoms with van der Waals surface area (Å²) in [5, 5.41) is 16.0. The second kappa shape index (κ2) is 8.27. The molecule has 0 unspecified atom stereocenters. The van der Waals surface area contributed by atoms with Crippen molar-refractivity contribution in [2.24, 2.45) is 0 Å². The molecule has 6 heteroatoms. The molecule has 1 saturated heterocycles. The maximum Gasteiger partial charge on any atom is 0.269 e. The van der Waals surface area contributed by atoms with E-state index in [0.29, 0.717) is 24.7 Å². The van der Waals surface area contributed by atoms with Gasteiger partial charge in [0.25, 0.3) is 5.91 Å². The average Bonchev–Trinajstić information content (AvgIpc) is 3.25. The van der Waals surface area contributed by atoms with Gasteiger partial charge in [-0.2, -0.15) is 5.10 Å². The largest absolute Gasteiger partial charge is 0.394 e. The maximum absolute atomic E-state index is 12.2. The van der Waals surface area contributed by atoms with Gasteiger partial charge >= 0.3 is 0 Å². The molecule has 0 radical (unpaired) electrons. The fourth-order valence-electron chi connectivity index (χ4n) is 3.55. The van der Waals surface area contributed by atoms with Crippen molar-refractivity contribution in [2.45, 2.75) is 25.8 Å². The molecule has 1 aliphatic rings. The van der Waals surface area contributed by atoms with E-state index in [2.05, 4.69) is 46.5 Å². The highest BCUT2D eigenvalue weighted by Gasteiger charge is 2.24. The summed E-state index contributed by atoms with van der Waals surface area (Å²) in [7, 11) is 0. The highest BCUT2D eigenvalue weighted by molar-refractivity contribution is 5.92. The summed E-state index contributed by atoms with van der Waals surface area (Å²) in [4.78, 5) is 14.6. The third-order valence-electron chi connectivity index (χ3n) is 4.88. The molecule has 0 aliphatic carbocycles. The highest BCUT2D eigenvalue weighted by atomic mass is 16.3. The number of hydrogen-bond donors (Lipinski definition) is 2. The van der Waals surface area contributed by atoms with Crippen molar-refractivity contribution in [1.82, 2.24) is 20.0 Å². The third kappa shape index (κ3) is 4.27. The number of aliphatic hydroxyl groups is 1. The molecule has 1 fully saturated rings. The van der Waals surface area contributed by atoms with Gasteiger partial charge in [0.1, 0.15) is 5.69 Å². The number of benzene rings is 1. The van der Waals surface area contributed by atoms with Crippen LogP contribution in [0, 0.1) is 6.92 Å². The van der Waals surface area contributed by atoms with Crippen LogP contribution >= 0.6 is 0 Å². The van der Waals surface area contributed by atoms with E-state index in [1.165, 1.54) is 22.2 Å². The molecule has 2 N–H and O–H groups in total. The van der Waals surface area contributed by atoms with E-state index in [4.69, 9.17) is 5.11 Å². The third-order valence-corrected chi connectivity index (χ3v) is 4.88. The van der Waals surface area contributed by atoms with Crippen LogP contribution in [-0.2, 0) is 6.54 Å². The molecule has 25 heavy (non-hydrogen) atoms. The standard InChI is InChI=1S/C19H26N4O2/c1-15-4-2-3-5-17(15)16-7-10-22(14-16)11-9-20-19(25)18-6-8-21-23(18)12-13-24/h2-6,8,16,24H,7,9-14H2,1H3,(H,20,25)/t16-/m0/s1. The van der Waals surface area contributed by atoms with Gasteiger partial charge in [0.05, 0.1) is 13.2 Å². The van der Waals surface area contributed by atoms with Crippen LogP contribution in [0.4, 0.5) is 0 Å². The molecule has 1 aliphatic heterocycles. The summed E-state index contributed by atoms with van der Waals surface area (Å²) >= 11 is 0. The number of aromatic nitrogens is 2. The van der Waals surface area contributed by atoms with E-state index in [1.807, 2.05) is 0 Å². The van der Waals surface area contributed by atoms with Gasteiger partial charge < -0.3 is 15.3 Å². The summed E-state index contributed by atoms with van der Waals surface area (Å²) in [5.41, 5.74) is 3.30. The molecular formula is C19H26N4O2. The van der Waals surface area contributed by atoms with E-state index in [-0.39, 0.29) is 12.5 Å². The molecule has 1 amide bonds. The summed E-state index contributed by atoms with van der Waals surface area (Å²) in [5.74, 6) is 0.448. The van der Waals surface area contributed by atoms with Crippen LogP contribution < -0.4 is 5.32 Å². The molecular weight excluding hydrogens is 316 g/mol. The van der Waals surface area contributed by atoms with E-state index in [0.717, 1.165) is 19.6 Å². The Morgan fingerprint density at radius 3 is 2.96 bits per heavy atom. The molecule has 0 spiro atoms. The van der Waals surface area contributed by atoms with Crippen molar-refractivity contribution in [2.75, 3.05) is 32.8 Å². The topological polar surface area (TPSA) is 70.4 Å². The minimum Gasteiger partial charge on any atom is -0.394 e. The lowest BCUT2D eigenvalue weighted by atomic mass is 9.94. The number of nitrogens with one attached hydrogen (secondary N) is 1. The molecule has 3 rings (SSSR count). The van der Waals surface area contributed by atoms with Crippen molar-refractivity contribution < 1.29 is 9.90 Å². The summed E-state index contributed by atoms with van der Waals surface area (Å²) in [6, 6.07) is 10.3. The second-order valence-corrected chi connectivity index (χ2v) is 6.56. The second-order valence-electron chi connectivity index (χ2n) is 6.56. The molecule has 1 aromatic carbocycles. The smallest absolute Gasteiger partial charge is 0.269 e. The summed E-state index contributed by atoms with van der Waals surface area (Å²) < 4.78 is 1.53. The van der Waals surface area contributed by atoms with Crippen molar-refractivity contribution in [3.05, 3.63) is 53.3 Å². The molecule has 1 atom stereocenters. The number of likely N-dealkylation sites (tertiary alicyclic amines) is 1. The van der Waals surface area contributed by atoms with Crippen LogP contribution in [0.1, 0.15) is 34.0 Å². The van der Waals surface area contributed by atoms with Crippen LogP contribution in [-0.4, -0.2) is 58.5 Å².